The maximum absolute atomic E-state index is 13.0. The normalized spacial score (nSPS) is 26.7. The number of hydrogen-bond acceptors (Lipinski definition) is 3. The zero-order chi connectivity index (χ0) is 15.5. The van der Waals surface area contributed by atoms with Crippen molar-refractivity contribution in [2.75, 3.05) is 6.54 Å². The second-order valence-electron chi connectivity index (χ2n) is 6.00. The van der Waals surface area contributed by atoms with Crippen LogP contribution < -0.4 is 5.73 Å². The van der Waals surface area contributed by atoms with Gasteiger partial charge in [0.15, 0.2) is 9.84 Å². The average Bonchev–Trinajstić information content (AvgIpc) is 2.47. The van der Waals surface area contributed by atoms with Crippen LogP contribution in [0.25, 0.3) is 0 Å². The fourth-order valence-corrected chi connectivity index (χ4v) is 6.15. The Morgan fingerprint density at radius 1 is 1.33 bits per heavy atom. The molecule has 0 heterocycles. The van der Waals surface area contributed by atoms with Gasteiger partial charge >= 0.3 is 0 Å². The van der Waals surface area contributed by atoms with Crippen LogP contribution in [0.2, 0.25) is 0 Å². The summed E-state index contributed by atoms with van der Waals surface area (Å²) in [6.07, 6.45) is 5.02. The molecule has 0 radical (unpaired) electrons. The molecule has 21 heavy (non-hydrogen) atoms. The molecule has 118 valence electrons. The summed E-state index contributed by atoms with van der Waals surface area (Å²) in [4.78, 5) is 0.414. The summed E-state index contributed by atoms with van der Waals surface area (Å²) >= 11 is 3.36. The average molecular weight is 374 g/mol. The first kappa shape index (κ1) is 17.0. The van der Waals surface area contributed by atoms with Crippen LogP contribution >= 0.6 is 15.9 Å². The lowest BCUT2D eigenvalue weighted by Crippen LogP contribution is -2.39. The van der Waals surface area contributed by atoms with Gasteiger partial charge in [-0.2, -0.15) is 0 Å². The van der Waals surface area contributed by atoms with Crippen molar-refractivity contribution in [3.8, 4) is 0 Å². The Morgan fingerprint density at radius 3 is 2.71 bits per heavy atom. The highest BCUT2D eigenvalue weighted by atomic mass is 79.9. The number of hydrogen-bond donors (Lipinski definition) is 1. The van der Waals surface area contributed by atoms with E-state index in [0.29, 0.717) is 17.4 Å². The minimum Gasteiger partial charge on any atom is -0.330 e. The Labute approximate surface area is 136 Å². The number of benzene rings is 1. The van der Waals surface area contributed by atoms with Crippen LogP contribution in [0.4, 0.5) is 0 Å². The summed E-state index contributed by atoms with van der Waals surface area (Å²) < 4.78 is 26.8. The van der Waals surface area contributed by atoms with Gasteiger partial charge in [-0.1, -0.05) is 48.2 Å². The van der Waals surface area contributed by atoms with Crippen molar-refractivity contribution < 1.29 is 8.42 Å². The molecule has 3 unspecified atom stereocenters. The second-order valence-corrected chi connectivity index (χ2v) is 9.09. The van der Waals surface area contributed by atoms with Gasteiger partial charge in [0.05, 0.1) is 10.1 Å². The van der Waals surface area contributed by atoms with E-state index >= 15 is 0 Å². The lowest BCUT2D eigenvalue weighted by molar-refractivity contribution is 0.268. The van der Waals surface area contributed by atoms with Crippen LogP contribution in [-0.2, 0) is 9.84 Å². The molecule has 5 heteroatoms. The zero-order valence-electron chi connectivity index (χ0n) is 12.5. The van der Waals surface area contributed by atoms with Gasteiger partial charge in [-0.3, -0.25) is 0 Å². The summed E-state index contributed by atoms with van der Waals surface area (Å²) in [5.74, 6) is 0.604. The topological polar surface area (TPSA) is 60.2 Å². The van der Waals surface area contributed by atoms with Gasteiger partial charge in [0, 0.05) is 4.47 Å². The molecule has 1 aromatic rings. The third-order valence-electron chi connectivity index (χ3n) is 4.56. The lowest BCUT2D eigenvalue weighted by Gasteiger charge is -2.35. The van der Waals surface area contributed by atoms with Gasteiger partial charge in [-0.05, 0) is 49.4 Å². The molecular weight excluding hydrogens is 350 g/mol. The van der Waals surface area contributed by atoms with Gasteiger partial charge < -0.3 is 5.73 Å². The molecule has 2 rings (SSSR count). The number of rotatable bonds is 5. The molecule has 1 aliphatic rings. The predicted octanol–water partition coefficient (Wildman–Crippen LogP) is 3.77. The number of halogens is 1. The van der Waals surface area contributed by atoms with Crippen LogP contribution in [0.1, 0.15) is 39.0 Å². The smallest absolute Gasteiger partial charge is 0.181 e. The van der Waals surface area contributed by atoms with E-state index in [1.54, 1.807) is 18.2 Å². The molecule has 3 nitrogen and oxygen atoms in total. The van der Waals surface area contributed by atoms with Crippen LogP contribution in [0, 0.1) is 11.8 Å². The molecule has 1 aliphatic carbocycles. The fraction of sp³-hybridized carbons (Fsp3) is 0.625. The predicted molar refractivity (Wildman–Crippen MR) is 89.9 cm³/mol. The molecule has 2 N–H and O–H groups in total. The van der Waals surface area contributed by atoms with Gasteiger partial charge in [0.2, 0.25) is 0 Å². The van der Waals surface area contributed by atoms with Crippen molar-refractivity contribution in [1.29, 1.82) is 0 Å². The maximum Gasteiger partial charge on any atom is 0.181 e. The minimum absolute atomic E-state index is 0.0853. The molecule has 0 amide bonds. The Kier molecular flexibility index (Phi) is 5.86. The fourth-order valence-electron chi connectivity index (χ4n) is 3.41. The van der Waals surface area contributed by atoms with E-state index in [1.165, 1.54) is 0 Å². The van der Waals surface area contributed by atoms with Crippen molar-refractivity contribution in [3.05, 3.63) is 28.7 Å². The molecule has 3 atom stereocenters. The minimum atomic E-state index is -3.31. The Balaban J connectivity index is 2.30. The first-order valence-electron chi connectivity index (χ1n) is 7.68. The van der Waals surface area contributed by atoms with Crippen LogP contribution in [-0.4, -0.2) is 20.2 Å². The van der Waals surface area contributed by atoms with Crippen molar-refractivity contribution in [2.45, 2.75) is 49.2 Å². The molecular formula is C16H24BrNO2S. The zero-order valence-corrected chi connectivity index (χ0v) is 14.9. The van der Waals surface area contributed by atoms with Gasteiger partial charge in [0.25, 0.3) is 0 Å². The first-order chi connectivity index (χ1) is 9.98. The van der Waals surface area contributed by atoms with Crippen molar-refractivity contribution in [1.82, 2.24) is 0 Å². The van der Waals surface area contributed by atoms with E-state index in [2.05, 4.69) is 22.9 Å². The molecule has 1 aromatic carbocycles. The lowest BCUT2D eigenvalue weighted by atomic mass is 9.80. The second kappa shape index (κ2) is 7.25. The van der Waals surface area contributed by atoms with E-state index < -0.39 is 9.84 Å². The van der Waals surface area contributed by atoms with Crippen LogP contribution in [0.15, 0.2) is 33.6 Å². The Bertz CT molecular complexity index is 573. The van der Waals surface area contributed by atoms with Gasteiger partial charge in [-0.15, -0.1) is 0 Å². The van der Waals surface area contributed by atoms with Crippen LogP contribution in [0.5, 0.6) is 0 Å². The summed E-state index contributed by atoms with van der Waals surface area (Å²) in [5.41, 5.74) is 5.84. The van der Waals surface area contributed by atoms with Crippen molar-refractivity contribution >= 4 is 25.8 Å². The number of sulfone groups is 1. The van der Waals surface area contributed by atoms with Crippen molar-refractivity contribution in [2.24, 2.45) is 17.6 Å². The van der Waals surface area contributed by atoms with E-state index in [4.69, 9.17) is 5.73 Å². The third-order valence-corrected chi connectivity index (χ3v) is 7.34. The van der Waals surface area contributed by atoms with Crippen LogP contribution in [0.3, 0.4) is 0 Å². The monoisotopic (exact) mass is 373 g/mol. The molecule has 1 fully saturated rings. The SMILES string of the molecule is CCCC1CCC(CN)C(S(=O)(=O)c2cccc(Br)c2)C1. The standard InChI is InChI=1S/C16H24BrNO2S/c1-2-4-12-7-8-13(11-18)16(9-12)21(19,20)15-6-3-5-14(17)10-15/h3,5-6,10,12-13,16H,2,4,7-9,11,18H2,1H3. The summed E-state index contributed by atoms with van der Waals surface area (Å²) in [6.45, 7) is 2.61. The molecule has 0 spiro atoms. The molecule has 0 aromatic heterocycles. The van der Waals surface area contributed by atoms with Gasteiger partial charge in [0.1, 0.15) is 0 Å². The maximum atomic E-state index is 13.0. The molecule has 1 saturated carbocycles. The summed E-state index contributed by atoms with van der Waals surface area (Å²) in [5, 5.41) is -0.331. The molecule has 0 saturated heterocycles. The summed E-state index contributed by atoms with van der Waals surface area (Å²) in [7, 11) is -3.31. The first-order valence-corrected chi connectivity index (χ1v) is 10.0. The summed E-state index contributed by atoms with van der Waals surface area (Å²) in [6, 6.07) is 7.02. The quantitative estimate of drug-likeness (QED) is 0.854. The highest BCUT2D eigenvalue weighted by Gasteiger charge is 2.38. The molecule has 0 bridgehead atoms. The van der Waals surface area contributed by atoms with E-state index in [-0.39, 0.29) is 11.2 Å². The van der Waals surface area contributed by atoms with Crippen molar-refractivity contribution in [3.63, 3.8) is 0 Å². The third kappa shape index (κ3) is 3.88. The largest absolute Gasteiger partial charge is 0.330 e. The Hall–Kier alpha value is -0.390. The highest BCUT2D eigenvalue weighted by Crippen LogP contribution is 2.37. The van der Waals surface area contributed by atoms with E-state index in [0.717, 1.165) is 36.6 Å². The van der Waals surface area contributed by atoms with E-state index in [9.17, 15) is 8.42 Å². The molecule has 0 aliphatic heterocycles. The van der Waals surface area contributed by atoms with Gasteiger partial charge in [-0.25, -0.2) is 8.42 Å². The number of nitrogens with two attached hydrogens (primary N) is 1. The Morgan fingerprint density at radius 2 is 2.10 bits per heavy atom. The highest BCUT2D eigenvalue weighted by molar-refractivity contribution is 9.10. The van der Waals surface area contributed by atoms with E-state index in [1.807, 2.05) is 6.07 Å².